The Morgan fingerprint density at radius 1 is 1.18 bits per heavy atom. The molecule has 1 aromatic carbocycles. The van der Waals surface area contributed by atoms with Crippen molar-refractivity contribution in [3.05, 3.63) is 75.0 Å². The molecule has 3 rings (SSSR count). The summed E-state index contributed by atoms with van der Waals surface area (Å²) in [6.07, 6.45) is 5.46. The zero-order valence-electron chi connectivity index (χ0n) is 15.9. The predicted octanol–water partition coefficient (Wildman–Crippen LogP) is 3.33. The van der Waals surface area contributed by atoms with Crippen molar-refractivity contribution < 1.29 is 4.57 Å². The molecule has 0 unspecified atom stereocenters. The Hall–Kier alpha value is -2.84. The lowest BCUT2D eigenvalue weighted by Crippen LogP contribution is -2.32. The first-order valence-corrected chi connectivity index (χ1v) is 9.96. The molecule has 3 N–H and O–H groups in total. The van der Waals surface area contributed by atoms with Gasteiger partial charge >= 0.3 is 10.7 Å². The lowest BCUT2D eigenvalue weighted by Gasteiger charge is -2.18. The van der Waals surface area contributed by atoms with Gasteiger partial charge in [-0.25, -0.2) is 9.36 Å². The highest BCUT2D eigenvalue weighted by Gasteiger charge is 2.18. The molecule has 6 nitrogen and oxygen atoms in total. The lowest BCUT2D eigenvalue weighted by molar-refractivity contribution is -0.599. The monoisotopic (exact) mass is 412 g/mol. The first-order valence-electron chi connectivity index (χ1n) is 8.73. The second-order valence-corrected chi connectivity index (χ2v) is 8.58. The minimum absolute atomic E-state index is 0.0663. The van der Waals surface area contributed by atoms with E-state index in [4.69, 9.17) is 12.2 Å². The van der Waals surface area contributed by atoms with Gasteiger partial charge in [-0.05, 0) is 58.8 Å². The second kappa shape index (κ2) is 8.45. The molecule has 0 atom stereocenters. The molecule has 0 aliphatic heterocycles. The highest BCUT2D eigenvalue weighted by atomic mass is 32.1. The van der Waals surface area contributed by atoms with E-state index in [0.29, 0.717) is 15.8 Å². The van der Waals surface area contributed by atoms with Crippen molar-refractivity contribution in [3.8, 4) is 5.82 Å². The Kier molecular flexibility index (Phi) is 6.01. The van der Waals surface area contributed by atoms with Crippen LogP contribution in [-0.2, 0) is 5.41 Å². The fraction of sp³-hybridized carbons (Fsp3) is 0.200. The minimum atomic E-state index is -0.145. The highest BCUT2D eigenvalue weighted by Crippen LogP contribution is 2.20. The number of hydrazone groups is 1. The van der Waals surface area contributed by atoms with E-state index in [-0.39, 0.29) is 10.3 Å². The zero-order valence-corrected chi connectivity index (χ0v) is 17.5. The van der Waals surface area contributed by atoms with Crippen LogP contribution in [-0.4, -0.2) is 16.3 Å². The van der Waals surface area contributed by atoms with E-state index in [2.05, 4.69) is 41.6 Å². The summed E-state index contributed by atoms with van der Waals surface area (Å²) in [5, 5.41) is 7.56. The largest absolute Gasteiger partial charge is 0.390 e. The van der Waals surface area contributed by atoms with Crippen LogP contribution in [0.15, 0.2) is 64.8 Å². The summed E-state index contributed by atoms with van der Waals surface area (Å²) >= 11 is 6.31. The number of rotatable bonds is 4. The number of nitrogens with one attached hydrogen (secondary N) is 3. The number of H-pyrrole nitrogens is 1. The molecular weight excluding hydrogens is 390 g/mol. The second-order valence-electron chi connectivity index (χ2n) is 7.16. The van der Waals surface area contributed by atoms with Crippen molar-refractivity contribution in [2.45, 2.75) is 26.2 Å². The van der Waals surface area contributed by atoms with Crippen LogP contribution in [0.2, 0.25) is 0 Å². The molecule has 28 heavy (non-hydrogen) atoms. The first-order chi connectivity index (χ1) is 13.3. The van der Waals surface area contributed by atoms with E-state index in [0.717, 1.165) is 17.0 Å². The summed E-state index contributed by atoms with van der Waals surface area (Å²) in [4.78, 5) is 15.3. The fourth-order valence-electron chi connectivity index (χ4n) is 2.52. The van der Waals surface area contributed by atoms with E-state index >= 15 is 0 Å². The number of pyridine rings is 1. The van der Waals surface area contributed by atoms with Gasteiger partial charge in [0.25, 0.3) is 0 Å². The Labute approximate surface area is 173 Å². The number of anilines is 1. The van der Waals surface area contributed by atoms with Gasteiger partial charge in [0, 0.05) is 5.69 Å². The van der Waals surface area contributed by atoms with E-state index in [1.807, 2.05) is 59.4 Å². The van der Waals surface area contributed by atoms with Crippen molar-refractivity contribution in [2.24, 2.45) is 5.10 Å². The Morgan fingerprint density at radius 2 is 1.86 bits per heavy atom. The number of thiocarbonyl (C=S) groups is 1. The Bertz CT molecular complexity index is 1030. The molecule has 0 spiro atoms. The van der Waals surface area contributed by atoms with Crippen molar-refractivity contribution >= 4 is 40.6 Å². The molecular formula is C20H22N5OS2+. The summed E-state index contributed by atoms with van der Waals surface area (Å²) in [6.45, 7) is 6.49. The van der Waals surface area contributed by atoms with Gasteiger partial charge in [0.05, 0.1) is 18.6 Å². The number of hydrogen-bond acceptors (Lipinski definition) is 4. The molecule has 144 valence electrons. The van der Waals surface area contributed by atoms with Gasteiger partial charge in [0.2, 0.25) is 0 Å². The van der Waals surface area contributed by atoms with Gasteiger partial charge in [-0.3, -0.25) is 5.43 Å². The van der Waals surface area contributed by atoms with Gasteiger partial charge < -0.3 is 5.32 Å². The maximum Gasteiger partial charge on any atom is 0.390 e. The molecule has 8 heteroatoms. The van der Waals surface area contributed by atoms with Crippen LogP contribution >= 0.6 is 23.6 Å². The van der Waals surface area contributed by atoms with Crippen LogP contribution in [0.5, 0.6) is 0 Å². The lowest BCUT2D eigenvalue weighted by atomic mass is 9.88. The number of aromatic nitrogens is 2. The average Bonchev–Trinajstić information content (AvgIpc) is 3.02. The van der Waals surface area contributed by atoms with Gasteiger partial charge in [-0.1, -0.05) is 39.0 Å². The molecule has 3 aromatic rings. The van der Waals surface area contributed by atoms with E-state index in [9.17, 15) is 4.79 Å². The number of aromatic amines is 1. The molecule has 2 aromatic heterocycles. The summed E-state index contributed by atoms with van der Waals surface area (Å²) < 4.78 is 1.87. The first kappa shape index (κ1) is 19.9. The van der Waals surface area contributed by atoms with Gasteiger partial charge in [-0.15, -0.1) is 0 Å². The molecule has 0 fully saturated rings. The molecule has 0 saturated carbocycles. The van der Waals surface area contributed by atoms with Crippen LogP contribution in [0.4, 0.5) is 5.69 Å². The van der Waals surface area contributed by atoms with Crippen LogP contribution in [0.1, 0.15) is 31.2 Å². The number of para-hydroxylation sites is 1. The van der Waals surface area contributed by atoms with E-state index < -0.39 is 0 Å². The molecule has 2 heterocycles. The standard InChI is InChI=1S/C20H21N5OS2/c1-20(2,3)14-9-11-25(12-10-14)17-16(28-19(26)23-17)13-21-24-18(27)22-15-7-5-4-6-8-15/h4-13H,1-3H3,(H2-,21,22,23,24,26,27)/p+1. The molecule has 0 aliphatic carbocycles. The topological polar surface area (TPSA) is 73.2 Å². The number of thiazole rings is 1. The molecule has 0 amide bonds. The number of nitrogens with zero attached hydrogens (tertiary/aromatic N) is 2. The SMILES string of the molecule is CC(C)(C)c1cc[n+](-c2[nH]c(=O)sc2C=NNC(=S)Nc2ccccc2)cc1. The van der Waals surface area contributed by atoms with Crippen LogP contribution in [0.25, 0.3) is 5.82 Å². The third kappa shape index (κ3) is 5.11. The van der Waals surface area contributed by atoms with Crippen LogP contribution in [0, 0.1) is 0 Å². The quantitative estimate of drug-likeness (QED) is 0.266. The third-order valence-corrected chi connectivity index (χ3v) is 4.99. The molecule has 0 saturated heterocycles. The summed E-state index contributed by atoms with van der Waals surface area (Å²) in [6, 6.07) is 13.7. The molecule has 0 radical (unpaired) electrons. The third-order valence-electron chi connectivity index (χ3n) is 3.99. The van der Waals surface area contributed by atoms with Gasteiger partial charge in [-0.2, -0.15) is 10.1 Å². The van der Waals surface area contributed by atoms with Crippen molar-refractivity contribution in [3.63, 3.8) is 0 Å². The van der Waals surface area contributed by atoms with E-state index in [1.165, 1.54) is 5.56 Å². The Balaban J connectivity index is 1.72. The van der Waals surface area contributed by atoms with Crippen molar-refractivity contribution in [1.82, 2.24) is 10.4 Å². The smallest absolute Gasteiger partial charge is 0.331 e. The summed E-state index contributed by atoms with van der Waals surface area (Å²) in [5.74, 6) is 0.669. The highest BCUT2D eigenvalue weighted by molar-refractivity contribution is 7.80. The van der Waals surface area contributed by atoms with Gasteiger partial charge in [0.15, 0.2) is 5.11 Å². The maximum absolute atomic E-state index is 11.9. The molecule has 0 bridgehead atoms. The van der Waals surface area contributed by atoms with Crippen LogP contribution in [0.3, 0.4) is 0 Å². The summed E-state index contributed by atoms with van der Waals surface area (Å²) in [7, 11) is 0. The normalized spacial score (nSPS) is 11.5. The van der Waals surface area contributed by atoms with E-state index in [1.54, 1.807) is 6.21 Å². The van der Waals surface area contributed by atoms with Crippen molar-refractivity contribution in [1.29, 1.82) is 0 Å². The average molecular weight is 413 g/mol. The zero-order chi connectivity index (χ0) is 20.1. The minimum Gasteiger partial charge on any atom is -0.331 e. The fourth-order valence-corrected chi connectivity index (χ4v) is 3.39. The van der Waals surface area contributed by atoms with Crippen LogP contribution < -0.4 is 20.2 Å². The number of benzene rings is 1. The maximum atomic E-state index is 11.9. The van der Waals surface area contributed by atoms with Gasteiger partial charge in [0.1, 0.15) is 4.88 Å². The number of hydrogen-bond donors (Lipinski definition) is 3. The predicted molar refractivity (Wildman–Crippen MR) is 119 cm³/mol. The molecule has 0 aliphatic rings. The summed E-state index contributed by atoms with van der Waals surface area (Å²) in [5.41, 5.74) is 4.92. The van der Waals surface area contributed by atoms with Crippen molar-refractivity contribution in [2.75, 3.05) is 5.32 Å². The Morgan fingerprint density at radius 3 is 2.50 bits per heavy atom.